The highest BCUT2D eigenvalue weighted by Gasteiger charge is 2.73. The van der Waals surface area contributed by atoms with Crippen molar-refractivity contribution in [3.05, 3.63) is 35.9 Å². The van der Waals surface area contributed by atoms with Crippen molar-refractivity contribution in [1.82, 2.24) is 4.31 Å². The van der Waals surface area contributed by atoms with Crippen molar-refractivity contribution in [3.8, 4) is 0 Å². The fourth-order valence-electron chi connectivity index (χ4n) is 2.43. The molecule has 1 aliphatic rings. The Labute approximate surface area is 165 Å². The standard InChI is InChI=1S/C15H15F8NO5S/c1-2-27-10-8-24(11(28-10)9-6-4-3-5-7-9)30(25,26)15(22,23)14(20,21)29-13(18,19)12(16)17/h3-7,10-12H,2,8H2,1H3/t10-,11-/m1/s1. The van der Waals surface area contributed by atoms with Crippen molar-refractivity contribution >= 4 is 10.0 Å². The summed E-state index contributed by atoms with van der Waals surface area (Å²) in [7, 11) is -6.50. The molecule has 0 spiro atoms. The minimum absolute atomic E-state index is 0.0683. The van der Waals surface area contributed by atoms with Crippen LogP contribution in [0.15, 0.2) is 30.3 Å². The van der Waals surface area contributed by atoms with E-state index in [-0.39, 0.29) is 16.5 Å². The van der Waals surface area contributed by atoms with Gasteiger partial charge in [-0.2, -0.15) is 30.6 Å². The molecule has 1 aromatic carbocycles. The first-order chi connectivity index (χ1) is 13.7. The zero-order valence-electron chi connectivity index (χ0n) is 15.0. The molecule has 0 bridgehead atoms. The molecule has 2 atom stereocenters. The van der Waals surface area contributed by atoms with Gasteiger partial charge in [-0.1, -0.05) is 30.3 Å². The molecule has 15 heteroatoms. The van der Waals surface area contributed by atoms with E-state index in [1.54, 1.807) is 0 Å². The molecule has 0 aliphatic carbocycles. The maximum absolute atomic E-state index is 14.2. The summed E-state index contributed by atoms with van der Waals surface area (Å²) in [5.41, 5.74) is -0.0683. The van der Waals surface area contributed by atoms with Crippen LogP contribution in [-0.2, 0) is 24.2 Å². The average Bonchev–Trinajstić information content (AvgIpc) is 3.06. The van der Waals surface area contributed by atoms with E-state index in [1.807, 2.05) is 0 Å². The summed E-state index contributed by atoms with van der Waals surface area (Å²) in [4.78, 5) is 0. The molecule has 1 aliphatic heterocycles. The fourth-order valence-corrected chi connectivity index (χ4v) is 3.81. The van der Waals surface area contributed by atoms with E-state index in [4.69, 9.17) is 9.47 Å². The summed E-state index contributed by atoms with van der Waals surface area (Å²) in [5, 5.41) is -6.37. The molecular formula is C15H15F8NO5S. The molecule has 0 aromatic heterocycles. The van der Waals surface area contributed by atoms with Crippen molar-refractivity contribution in [1.29, 1.82) is 0 Å². The largest absolute Gasteiger partial charge is 0.449 e. The number of alkyl halides is 8. The number of benzene rings is 1. The lowest BCUT2D eigenvalue weighted by molar-refractivity contribution is -0.435. The molecule has 0 saturated carbocycles. The predicted octanol–water partition coefficient (Wildman–Crippen LogP) is 3.77. The highest BCUT2D eigenvalue weighted by Crippen LogP contribution is 2.48. The molecule has 1 saturated heterocycles. The summed E-state index contributed by atoms with van der Waals surface area (Å²) >= 11 is 0. The van der Waals surface area contributed by atoms with Gasteiger partial charge < -0.3 is 9.47 Å². The number of hydrogen-bond donors (Lipinski definition) is 0. The maximum Gasteiger partial charge on any atom is 0.449 e. The second-order valence-corrected chi connectivity index (χ2v) is 7.79. The van der Waals surface area contributed by atoms with Gasteiger partial charge in [-0.3, -0.25) is 0 Å². The van der Waals surface area contributed by atoms with Gasteiger partial charge >= 0.3 is 23.9 Å². The van der Waals surface area contributed by atoms with Crippen molar-refractivity contribution < 1.29 is 57.8 Å². The van der Waals surface area contributed by atoms with Gasteiger partial charge in [-0.05, 0) is 12.5 Å². The first kappa shape index (κ1) is 24.7. The molecule has 1 fully saturated rings. The maximum atomic E-state index is 14.2. The smallest absolute Gasteiger partial charge is 0.351 e. The van der Waals surface area contributed by atoms with Crippen LogP contribution in [0.4, 0.5) is 35.1 Å². The van der Waals surface area contributed by atoms with E-state index in [9.17, 15) is 43.5 Å². The lowest BCUT2D eigenvalue weighted by Gasteiger charge is -2.32. The Bertz CT molecular complexity index is 824. The van der Waals surface area contributed by atoms with Crippen LogP contribution < -0.4 is 0 Å². The summed E-state index contributed by atoms with van der Waals surface area (Å²) < 4.78 is 143. The second kappa shape index (κ2) is 8.53. The van der Waals surface area contributed by atoms with Crippen molar-refractivity contribution in [2.24, 2.45) is 0 Å². The predicted molar refractivity (Wildman–Crippen MR) is 83.2 cm³/mol. The summed E-state index contributed by atoms with van der Waals surface area (Å²) in [6.07, 6.45) is -20.8. The van der Waals surface area contributed by atoms with Gasteiger partial charge in [-0.15, -0.1) is 0 Å². The third kappa shape index (κ3) is 4.54. The average molecular weight is 473 g/mol. The van der Waals surface area contributed by atoms with E-state index in [1.165, 1.54) is 37.3 Å². The van der Waals surface area contributed by atoms with E-state index >= 15 is 0 Å². The Morgan fingerprint density at radius 1 is 1.13 bits per heavy atom. The SMILES string of the molecule is CCO[C@H]1CN(S(=O)(=O)C(F)(F)C(F)(F)OC(F)(F)C(F)F)[C@@H](c2ccccc2)O1. The molecule has 172 valence electrons. The molecule has 0 amide bonds. The van der Waals surface area contributed by atoms with E-state index < -0.39 is 53.0 Å². The van der Waals surface area contributed by atoms with Crippen LogP contribution in [-0.4, -0.2) is 56.1 Å². The number of ether oxygens (including phenoxy) is 3. The van der Waals surface area contributed by atoms with E-state index in [0.29, 0.717) is 0 Å². The second-order valence-electron chi connectivity index (χ2n) is 5.86. The van der Waals surface area contributed by atoms with Gasteiger partial charge in [0.1, 0.15) is 0 Å². The zero-order chi connectivity index (χ0) is 23.0. The Hall–Kier alpha value is -1.55. The minimum Gasteiger partial charge on any atom is -0.351 e. The summed E-state index contributed by atoms with van der Waals surface area (Å²) in [6.45, 7) is 0.365. The monoisotopic (exact) mass is 473 g/mol. The number of sulfonamides is 1. The molecule has 0 N–H and O–H groups in total. The van der Waals surface area contributed by atoms with Crippen LogP contribution in [0, 0.1) is 0 Å². The van der Waals surface area contributed by atoms with Gasteiger partial charge in [0.2, 0.25) is 0 Å². The van der Waals surface area contributed by atoms with Gasteiger partial charge in [0.15, 0.2) is 12.5 Å². The molecule has 0 unspecified atom stereocenters. The topological polar surface area (TPSA) is 65.1 Å². The molecule has 30 heavy (non-hydrogen) atoms. The van der Waals surface area contributed by atoms with Crippen LogP contribution in [0.25, 0.3) is 0 Å². The van der Waals surface area contributed by atoms with Crippen molar-refractivity contribution in [3.63, 3.8) is 0 Å². The highest BCUT2D eigenvalue weighted by atomic mass is 32.2. The minimum atomic E-state index is -6.52. The third-order valence-electron chi connectivity index (χ3n) is 3.80. The van der Waals surface area contributed by atoms with Gasteiger partial charge in [-0.25, -0.2) is 21.9 Å². The first-order valence-electron chi connectivity index (χ1n) is 8.12. The molecular weight excluding hydrogens is 458 g/mol. The number of nitrogens with zero attached hydrogens (tertiary/aromatic N) is 1. The van der Waals surface area contributed by atoms with Crippen LogP contribution in [0.1, 0.15) is 18.7 Å². The highest BCUT2D eigenvalue weighted by molar-refractivity contribution is 7.90. The summed E-state index contributed by atoms with van der Waals surface area (Å²) in [5.74, 6) is 0. The molecule has 6 nitrogen and oxygen atoms in total. The quantitative estimate of drug-likeness (QED) is 0.511. The Balaban J connectivity index is 2.44. The normalized spacial score (nSPS) is 22.1. The van der Waals surface area contributed by atoms with Gasteiger partial charge in [0.05, 0.1) is 6.54 Å². The number of halogens is 8. The molecule has 1 heterocycles. The lowest BCUT2D eigenvalue weighted by Crippen LogP contribution is -2.57. The van der Waals surface area contributed by atoms with E-state index in [2.05, 4.69) is 4.74 Å². The molecule has 0 radical (unpaired) electrons. The van der Waals surface area contributed by atoms with E-state index in [0.717, 1.165) is 0 Å². The number of rotatable bonds is 9. The summed E-state index contributed by atoms with van der Waals surface area (Å²) in [6, 6.07) is 6.63. The third-order valence-corrected chi connectivity index (χ3v) is 5.64. The van der Waals surface area contributed by atoms with Crippen molar-refractivity contribution in [2.45, 2.75) is 43.3 Å². The lowest BCUT2D eigenvalue weighted by atomic mass is 10.2. The first-order valence-corrected chi connectivity index (χ1v) is 9.56. The van der Waals surface area contributed by atoms with Crippen LogP contribution in [0.2, 0.25) is 0 Å². The van der Waals surface area contributed by atoms with Crippen LogP contribution >= 0.6 is 0 Å². The van der Waals surface area contributed by atoms with Crippen LogP contribution in [0.3, 0.4) is 0 Å². The number of hydrogen-bond acceptors (Lipinski definition) is 5. The van der Waals surface area contributed by atoms with Crippen molar-refractivity contribution in [2.75, 3.05) is 13.2 Å². The molecule has 1 aromatic rings. The Morgan fingerprint density at radius 2 is 1.70 bits per heavy atom. The fraction of sp³-hybridized carbons (Fsp3) is 0.600. The zero-order valence-corrected chi connectivity index (χ0v) is 15.8. The molecule has 2 rings (SSSR count). The van der Waals surface area contributed by atoms with Crippen LogP contribution in [0.5, 0.6) is 0 Å². The Kier molecular flexibility index (Phi) is 7.03. The van der Waals surface area contributed by atoms with Gasteiger partial charge in [0.25, 0.3) is 10.0 Å². The van der Waals surface area contributed by atoms with Gasteiger partial charge in [0, 0.05) is 6.61 Å². The Morgan fingerprint density at radius 3 is 2.20 bits per heavy atom.